The topological polar surface area (TPSA) is 0 Å². The van der Waals surface area contributed by atoms with Gasteiger partial charge in [0.15, 0.2) is 0 Å². The molecule has 66 valence electrons. The van der Waals surface area contributed by atoms with E-state index in [4.69, 9.17) is 0 Å². The van der Waals surface area contributed by atoms with Gasteiger partial charge in [-0.05, 0) is 43.7 Å². The lowest BCUT2D eigenvalue weighted by Crippen LogP contribution is -1.97. The highest BCUT2D eigenvalue weighted by molar-refractivity contribution is 7.48. The van der Waals surface area contributed by atoms with Gasteiger partial charge in [0.1, 0.15) is 6.17 Å². The first kappa shape index (κ1) is 9.87. The second-order valence-corrected chi connectivity index (χ2v) is 5.90. The lowest BCUT2D eigenvalue weighted by atomic mass is 10.1. The first-order valence-corrected chi connectivity index (χ1v) is 6.61. The van der Waals surface area contributed by atoms with Gasteiger partial charge in [0, 0.05) is 0 Å². The van der Waals surface area contributed by atoms with Crippen LogP contribution in [0.3, 0.4) is 0 Å². The van der Waals surface area contributed by atoms with E-state index in [-0.39, 0.29) is 0 Å². The van der Waals surface area contributed by atoms with Crippen LogP contribution in [-0.4, -0.2) is 18.2 Å². The number of halogens is 1. The van der Waals surface area contributed by atoms with Crippen LogP contribution in [0, 0.1) is 5.92 Å². The summed E-state index contributed by atoms with van der Waals surface area (Å²) in [6.07, 6.45) is 4.94. The van der Waals surface area contributed by atoms with Crippen LogP contribution in [0.4, 0.5) is 4.39 Å². The van der Waals surface area contributed by atoms with Gasteiger partial charge in [0.05, 0.1) is 0 Å². The molecule has 0 aromatic heterocycles. The summed E-state index contributed by atoms with van der Waals surface area (Å²) in [4.78, 5) is 0. The third-order valence-corrected chi connectivity index (χ3v) is 4.15. The molecule has 1 fully saturated rings. The zero-order valence-corrected chi connectivity index (χ0v) is 9.01. The molecule has 0 bridgehead atoms. The molecular weight excluding hydrogens is 177 g/mol. The fourth-order valence-corrected chi connectivity index (χ4v) is 3.11. The average Bonchev–Trinajstić information content (AvgIpc) is 2.37. The molecule has 1 saturated carbocycles. The molecule has 0 aromatic carbocycles. The molecule has 11 heavy (non-hydrogen) atoms. The molecule has 0 aromatic rings. The van der Waals surface area contributed by atoms with Gasteiger partial charge in [0.2, 0.25) is 0 Å². The Morgan fingerprint density at radius 3 is 2.82 bits per heavy atom. The van der Waals surface area contributed by atoms with Crippen LogP contribution in [-0.2, 0) is 0 Å². The summed E-state index contributed by atoms with van der Waals surface area (Å²) in [5.74, 6) is 1.94. The van der Waals surface area contributed by atoms with Crippen molar-refractivity contribution in [3.05, 3.63) is 0 Å². The average molecular weight is 194 g/mol. The third-order valence-electron chi connectivity index (χ3n) is 2.35. The number of hydrogen-bond acceptors (Lipinski definition) is 0. The zero-order chi connectivity index (χ0) is 8.10. The van der Waals surface area contributed by atoms with Crippen molar-refractivity contribution in [2.45, 2.75) is 31.9 Å². The van der Waals surface area contributed by atoms with Crippen molar-refractivity contribution in [2.75, 3.05) is 12.1 Å². The fraction of sp³-hybridized carbons (Fsp3) is 1.00. The minimum atomic E-state index is -0.473. The minimum Gasteiger partial charge on any atom is -0.247 e. The Morgan fingerprint density at radius 1 is 1.45 bits per heavy atom. The first-order chi connectivity index (χ1) is 5.33. The molecule has 4 unspecified atom stereocenters. The van der Waals surface area contributed by atoms with Crippen LogP contribution in [0.2, 0.25) is 0 Å². The van der Waals surface area contributed by atoms with Gasteiger partial charge < -0.3 is 0 Å². The second kappa shape index (κ2) is 5.44. The molecule has 0 spiro atoms. The standard InChI is InChI=1S/C8H17FP2/c9-8-2-1-7(5-8)3-4-11-6-10/h7-8,11H,1-6,10H2. The number of hydrogen-bond donors (Lipinski definition) is 0. The number of alkyl halides is 1. The van der Waals surface area contributed by atoms with Gasteiger partial charge in [-0.3, -0.25) is 0 Å². The number of rotatable bonds is 4. The van der Waals surface area contributed by atoms with E-state index < -0.39 is 6.17 Å². The Hall–Kier alpha value is 0.790. The molecule has 3 heteroatoms. The molecule has 0 heterocycles. The summed E-state index contributed by atoms with van der Waals surface area (Å²) in [5, 5.41) is 0. The Bertz CT molecular complexity index is 108. The van der Waals surface area contributed by atoms with E-state index in [1.54, 1.807) is 0 Å². The predicted molar refractivity (Wildman–Crippen MR) is 54.6 cm³/mol. The van der Waals surface area contributed by atoms with Crippen LogP contribution in [0.1, 0.15) is 25.7 Å². The van der Waals surface area contributed by atoms with Gasteiger partial charge in [-0.2, -0.15) is 0 Å². The zero-order valence-electron chi connectivity index (χ0n) is 6.85. The Balaban J connectivity index is 1.99. The molecule has 1 aliphatic carbocycles. The fourth-order valence-electron chi connectivity index (χ4n) is 1.68. The smallest absolute Gasteiger partial charge is 0.100 e. The normalized spacial score (nSPS) is 32.2. The lowest BCUT2D eigenvalue weighted by molar-refractivity contribution is 0.330. The van der Waals surface area contributed by atoms with Crippen molar-refractivity contribution in [3.8, 4) is 0 Å². The summed E-state index contributed by atoms with van der Waals surface area (Å²) in [7, 11) is 3.83. The third kappa shape index (κ3) is 3.81. The van der Waals surface area contributed by atoms with Crippen molar-refractivity contribution in [1.82, 2.24) is 0 Å². The van der Waals surface area contributed by atoms with E-state index in [1.807, 2.05) is 0 Å². The maximum atomic E-state index is 12.7. The van der Waals surface area contributed by atoms with Crippen LogP contribution in [0.15, 0.2) is 0 Å². The molecule has 0 nitrogen and oxygen atoms in total. The van der Waals surface area contributed by atoms with E-state index >= 15 is 0 Å². The summed E-state index contributed by atoms with van der Waals surface area (Å²) in [6.45, 7) is 0. The monoisotopic (exact) mass is 194 g/mol. The van der Waals surface area contributed by atoms with Crippen LogP contribution >= 0.6 is 17.8 Å². The first-order valence-electron chi connectivity index (χ1n) is 4.37. The molecule has 0 radical (unpaired) electrons. The maximum Gasteiger partial charge on any atom is 0.100 e. The van der Waals surface area contributed by atoms with E-state index in [0.29, 0.717) is 5.92 Å². The van der Waals surface area contributed by atoms with E-state index in [9.17, 15) is 4.39 Å². The summed E-state index contributed by atoms with van der Waals surface area (Å²) >= 11 is 0. The molecule has 0 amide bonds. The predicted octanol–water partition coefficient (Wildman–Crippen LogP) is 3.03. The molecule has 0 saturated heterocycles. The highest BCUT2D eigenvalue weighted by atomic mass is 31.1. The SMILES string of the molecule is FC1CCC(CCPCP)C1. The van der Waals surface area contributed by atoms with E-state index in [0.717, 1.165) is 27.8 Å². The van der Waals surface area contributed by atoms with Gasteiger partial charge >= 0.3 is 0 Å². The summed E-state index contributed by atoms with van der Waals surface area (Å²) in [5.41, 5.74) is 0. The van der Waals surface area contributed by atoms with Gasteiger partial charge in [-0.15, -0.1) is 17.8 Å². The van der Waals surface area contributed by atoms with Gasteiger partial charge in [0.25, 0.3) is 0 Å². The second-order valence-electron chi connectivity index (χ2n) is 3.27. The highest BCUT2D eigenvalue weighted by Gasteiger charge is 2.23. The van der Waals surface area contributed by atoms with Crippen molar-refractivity contribution in [2.24, 2.45) is 5.92 Å². The van der Waals surface area contributed by atoms with Crippen LogP contribution < -0.4 is 0 Å². The van der Waals surface area contributed by atoms with Crippen LogP contribution in [0.5, 0.6) is 0 Å². The Labute approximate surface area is 72.7 Å². The van der Waals surface area contributed by atoms with Crippen molar-refractivity contribution in [1.29, 1.82) is 0 Å². The van der Waals surface area contributed by atoms with Crippen molar-refractivity contribution >= 4 is 17.8 Å². The van der Waals surface area contributed by atoms with Crippen molar-refractivity contribution < 1.29 is 4.39 Å². The van der Waals surface area contributed by atoms with Gasteiger partial charge in [-0.25, -0.2) is 4.39 Å². The maximum absolute atomic E-state index is 12.7. The summed E-state index contributed by atoms with van der Waals surface area (Å²) < 4.78 is 12.7. The molecule has 1 rings (SSSR count). The molecular formula is C8H17FP2. The molecule has 1 aliphatic rings. The van der Waals surface area contributed by atoms with Crippen LogP contribution in [0.25, 0.3) is 0 Å². The van der Waals surface area contributed by atoms with Gasteiger partial charge in [-0.1, -0.05) is 0 Å². The molecule has 4 atom stereocenters. The summed E-state index contributed by atoms with van der Waals surface area (Å²) in [6, 6.07) is 0. The molecule has 0 aliphatic heterocycles. The van der Waals surface area contributed by atoms with E-state index in [2.05, 4.69) is 9.24 Å². The lowest BCUT2D eigenvalue weighted by Gasteiger charge is -2.06. The minimum absolute atomic E-state index is 0.473. The quantitative estimate of drug-likeness (QED) is 0.476. The highest BCUT2D eigenvalue weighted by Crippen LogP contribution is 2.32. The Morgan fingerprint density at radius 2 is 2.27 bits per heavy atom. The Kier molecular flexibility index (Phi) is 4.88. The molecule has 0 N–H and O–H groups in total. The van der Waals surface area contributed by atoms with Crippen molar-refractivity contribution in [3.63, 3.8) is 0 Å². The largest absolute Gasteiger partial charge is 0.247 e. The van der Waals surface area contributed by atoms with E-state index in [1.165, 1.54) is 18.5 Å².